The van der Waals surface area contributed by atoms with Crippen molar-refractivity contribution in [3.8, 4) is 34.3 Å². The van der Waals surface area contributed by atoms with E-state index in [-0.39, 0.29) is 5.91 Å². The Labute approximate surface area is 212 Å². The van der Waals surface area contributed by atoms with E-state index >= 15 is 0 Å². The van der Waals surface area contributed by atoms with Gasteiger partial charge in [0.2, 0.25) is 11.7 Å². The lowest BCUT2D eigenvalue weighted by Gasteiger charge is -2.35. The van der Waals surface area contributed by atoms with Gasteiger partial charge in [0.15, 0.2) is 11.5 Å². The van der Waals surface area contributed by atoms with Gasteiger partial charge in [-0.15, -0.1) is 0 Å². The number of aryl methyl sites for hydroxylation is 1. The lowest BCUT2D eigenvalue weighted by atomic mass is 10.1. The van der Waals surface area contributed by atoms with Crippen LogP contribution in [0.2, 0.25) is 0 Å². The number of carbonyl (C=O) groups is 1. The van der Waals surface area contributed by atoms with Gasteiger partial charge in [0.25, 0.3) is 0 Å². The molecule has 0 atom stereocenters. The van der Waals surface area contributed by atoms with Crippen molar-refractivity contribution in [3.05, 3.63) is 59.9 Å². The van der Waals surface area contributed by atoms with Crippen LogP contribution in [-0.4, -0.2) is 70.3 Å². The molecule has 0 unspecified atom stereocenters. The minimum atomic E-state index is 0.153. The molecule has 8 heteroatoms. The molecule has 1 amide bonds. The quantitative estimate of drug-likeness (QED) is 0.417. The zero-order chi connectivity index (χ0) is 25.5. The molecule has 0 spiro atoms. The van der Waals surface area contributed by atoms with Gasteiger partial charge in [-0.3, -0.25) is 9.69 Å². The zero-order valence-electron chi connectivity index (χ0n) is 21.4. The van der Waals surface area contributed by atoms with E-state index in [1.165, 1.54) is 0 Å². The lowest BCUT2D eigenvalue weighted by Crippen LogP contribution is -2.48. The molecule has 1 aromatic heterocycles. The normalized spacial score (nSPS) is 13.9. The van der Waals surface area contributed by atoms with Gasteiger partial charge in [0.1, 0.15) is 17.3 Å². The van der Waals surface area contributed by atoms with E-state index in [0.29, 0.717) is 49.7 Å². The van der Waals surface area contributed by atoms with Crippen LogP contribution in [0, 0.1) is 0 Å². The van der Waals surface area contributed by atoms with Crippen molar-refractivity contribution in [3.63, 3.8) is 0 Å². The molecule has 0 saturated carbocycles. The maximum Gasteiger partial charge on any atom is 0.223 e. The molecule has 3 aromatic rings. The summed E-state index contributed by atoms with van der Waals surface area (Å²) in [5.41, 5.74) is 2.01. The first-order chi connectivity index (χ1) is 17.6. The molecule has 2 heterocycles. The summed E-state index contributed by atoms with van der Waals surface area (Å²) in [6.45, 7) is 3.71. The highest BCUT2D eigenvalue weighted by Crippen LogP contribution is 2.40. The third kappa shape index (κ3) is 5.76. The smallest absolute Gasteiger partial charge is 0.223 e. The maximum absolute atomic E-state index is 12.8. The monoisotopic (exact) mass is 494 g/mol. The Hall–Kier alpha value is -3.65. The Morgan fingerprint density at radius 1 is 0.806 bits per heavy atom. The highest BCUT2D eigenvalue weighted by atomic mass is 16.5. The van der Waals surface area contributed by atoms with Crippen molar-refractivity contribution in [1.29, 1.82) is 0 Å². The maximum atomic E-state index is 12.8. The van der Waals surface area contributed by atoms with Crippen molar-refractivity contribution in [2.24, 2.45) is 0 Å². The van der Waals surface area contributed by atoms with E-state index in [1.54, 1.807) is 28.4 Å². The van der Waals surface area contributed by atoms with Gasteiger partial charge in [-0.1, -0.05) is 6.07 Å². The molecule has 36 heavy (non-hydrogen) atoms. The fraction of sp³-hybridized carbons (Fsp3) is 0.393. The summed E-state index contributed by atoms with van der Waals surface area (Å²) in [4.78, 5) is 17.1. The average molecular weight is 495 g/mol. The third-order valence-electron chi connectivity index (χ3n) is 6.53. The fourth-order valence-electron chi connectivity index (χ4n) is 4.49. The van der Waals surface area contributed by atoms with Gasteiger partial charge in [-0.05, 0) is 42.5 Å². The largest absolute Gasteiger partial charge is 0.497 e. The summed E-state index contributed by atoms with van der Waals surface area (Å²) in [7, 11) is 6.50. The molecule has 2 aromatic carbocycles. The van der Waals surface area contributed by atoms with E-state index in [4.69, 9.17) is 23.4 Å². The number of methoxy groups -OCH3 is 4. The van der Waals surface area contributed by atoms with Gasteiger partial charge in [0, 0.05) is 56.7 Å². The van der Waals surface area contributed by atoms with Crippen LogP contribution in [0.25, 0.3) is 11.3 Å². The highest BCUT2D eigenvalue weighted by Gasteiger charge is 2.23. The summed E-state index contributed by atoms with van der Waals surface area (Å²) >= 11 is 0. The molecule has 8 nitrogen and oxygen atoms in total. The summed E-state index contributed by atoms with van der Waals surface area (Å²) in [6.07, 6.45) is 1.01. The van der Waals surface area contributed by atoms with Gasteiger partial charge in [-0.2, -0.15) is 0 Å². The topological polar surface area (TPSA) is 73.6 Å². The highest BCUT2D eigenvalue weighted by molar-refractivity contribution is 5.76. The van der Waals surface area contributed by atoms with Gasteiger partial charge in [-0.25, -0.2) is 0 Å². The number of nitrogens with zero attached hydrogens (tertiary/aromatic N) is 2. The Balaban J connectivity index is 1.27. The summed E-state index contributed by atoms with van der Waals surface area (Å²) in [5.74, 6) is 4.48. The third-order valence-corrected chi connectivity index (χ3v) is 6.53. The van der Waals surface area contributed by atoms with E-state index in [2.05, 4.69) is 4.90 Å². The van der Waals surface area contributed by atoms with Crippen LogP contribution >= 0.6 is 0 Å². The van der Waals surface area contributed by atoms with Crippen molar-refractivity contribution < 1.29 is 28.2 Å². The molecule has 0 aliphatic carbocycles. The van der Waals surface area contributed by atoms with Crippen LogP contribution < -0.4 is 18.9 Å². The van der Waals surface area contributed by atoms with Gasteiger partial charge < -0.3 is 28.3 Å². The Morgan fingerprint density at radius 3 is 2.17 bits per heavy atom. The molecule has 1 fully saturated rings. The molecule has 0 radical (unpaired) electrons. The number of hydrogen-bond donors (Lipinski definition) is 0. The minimum Gasteiger partial charge on any atom is -0.497 e. The van der Waals surface area contributed by atoms with Gasteiger partial charge in [0.05, 0.1) is 28.4 Å². The van der Waals surface area contributed by atoms with Gasteiger partial charge >= 0.3 is 0 Å². The Morgan fingerprint density at radius 2 is 1.53 bits per heavy atom. The minimum absolute atomic E-state index is 0.153. The Kier molecular flexibility index (Phi) is 8.38. The lowest BCUT2D eigenvalue weighted by molar-refractivity contribution is -0.133. The molecular formula is C28H34N2O6. The molecule has 1 saturated heterocycles. The standard InChI is InChI=1S/C28H34N2O6/c1-32-22-8-5-20(6-9-22)24-13-10-23(36-24)11-14-26(31)30-17-15-29(16-18-30)19-21-7-12-25(33-2)28(35-4)27(21)34-3/h5-10,12-13H,11,14-19H2,1-4H3. The summed E-state index contributed by atoms with van der Waals surface area (Å²) < 4.78 is 27.7. The zero-order valence-corrected chi connectivity index (χ0v) is 21.4. The summed E-state index contributed by atoms with van der Waals surface area (Å²) in [6, 6.07) is 15.5. The number of carbonyl (C=O) groups excluding carboxylic acids is 1. The van der Waals surface area contributed by atoms with Crippen molar-refractivity contribution in [2.45, 2.75) is 19.4 Å². The van der Waals surface area contributed by atoms with E-state index in [9.17, 15) is 4.79 Å². The number of ether oxygens (including phenoxy) is 4. The van der Waals surface area contributed by atoms with E-state index < -0.39 is 0 Å². The second-order valence-electron chi connectivity index (χ2n) is 8.64. The average Bonchev–Trinajstić information content (AvgIpc) is 3.41. The number of hydrogen-bond acceptors (Lipinski definition) is 7. The first-order valence-electron chi connectivity index (χ1n) is 12.1. The number of furan rings is 1. The SMILES string of the molecule is COc1ccc(-c2ccc(CCC(=O)N3CCN(Cc4ccc(OC)c(OC)c4OC)CC3)o2)cc1. The molecule has 192 valence electrons. The molecular weight excluding hydrogens is 460 g/mol. The summed E-state index contributed by atoms with van der Waals surface area (Å²) in [5, 5.41) is 0. The second kappa shape index (κ2) is 11.9. The van der Waals surface area contributed by atoms with E-state index in [0.717, 1.165) is 41.5 Å². The molecule has 1 aliphatic heterocycles. The molecule has 0 N–H and O–H groups in total. The molecule has 1 aliphatic rings. The van der Waals surface area contributed by atoms with Crippen LogP contribution in [0.5, 0.6) is 23.0 Å². The second-order valence-corrected chi connectivity index (χ2v) is 8.64. The number of amides is 1. The van der Waals surface area contributed by atoms with Crippen LogP contribution in [0.3, 0.4) is 0 Å². The number of piperazine rings is 1. The van der Waals surface area contributed by atoms with Crippen LogP contribution in [-0.2, 0) is 17.8 Å². The molecule has 0 bridgehead atoms. The van der Waals surface area contributed by atoms with Crippen molar-refractivity contribution in [1.82, 2.24) is 9.80 Å². The first kappa shape index (κ1) is 25.4. The van der Waals surface area contributed by atoms with Crippen molar-refractivity contribution >= 4 is 5.91 Å². The predicted molar refractivity (Wildman–Crippen MR) is 137 cm³/mol. The fourth-order valence-corrected chi connectivity index (χ4v) is 4.49. The van der Waals surface area contributed by atoms with Crippen LogP contribution in [0.4, 0.5) is 0 Å². The first-order valence-corrected chi connectivity index (χ1v) is 12.1. The number of benzene rings is 2. The van der Waals surface area contributed by atoms with E-state index in [1.807, 2.05) is 53.4 Å². The molecule has 4 rings (SSSR count). The van der Waals surface area contributed by atoms with Crippen LogP contribution in [0.15, 0.2) is 52.9 Å². The Bertz CT molecular complexity index is 1150. The van der Waals surface area contributed by atoms with Crippen molar-refractivity contribution in [2.75, 3.05) is 54.6 Å². The predicted octanol–water partition coefficient (Wildman–Crippen LogP) is 4.26. The number of rotatable bonds is 10. The van der Waals surface area contributed by atoms with Crippen LogP contribution in [0.1, 0.15) is 17.7 Å².